The van der Waals surface area contributed by atoms with Crippen LogP contribution in [0.1, 0.15) is 45.4 Å². The van der Waals surface area contributed by atoms with E-state index in [4.69, 9.17) is 0 Å². The summed E-state index contributed by atoms with van der Waals surface area (Å²) in [5.74, 6) is 3.52. The molecule has 114 valence electrons. The van der Waals surface area contributed by atoms with E-state index in [1.165, 1.54) is 38.5 Å². The molecule has 0 aromatic heterocycles. The summed E-state index contributed by atoms with van der Waals surface area (Å²) in [4.78, 5) is 12.1. The Morgan fingerprint density at radius 1 is 1.25 bits per heavy atom. The van der Waals surface area contributed by atoms with Gasteiger partial charge in [-0.1, -0.05) is 6.42 Å². The molecule has 3 aliphatic rings. The van der Waals surface area contributed by atoms with Gasteiger partial charge in [0.2, 0.25) is 5.91 Å². The first kappa shape index (κ1) is 14.7. The predicted octanol–water partition coefficient (Wildman–Crippen LogP) is 2.41. The van der Waals surface area contributed by atoms with E-state index < -0.39 is 0 Å². The zero-order valence-electron chi connectivity index (χ0n) is 12.6. The maximum atomic E-state index is 12.1. The van der Waals surface area contributed by atoms with Crippen LogP contribution in [0.15, 0.2) is 0 Å². The number of amides is 1. The molecule has 2 aliphatic carbocycles. The van der Waals surface area contributed by atoms with Crippen LogP contribution >= 0.6 is 11.8 Å². The first-order chi connectivity index (χ1) is 9.72. The van der Waals surface area contributed by atoms with Crippen molar-refractivity contribution in [3.05, 3.63) is 0 Å². The number of rotatable bonds is 5. The topological polar surface area (TPSA) is 41.1 Å². The predicted molar refractivity (Wildman–Crippen MR) is 84.9 cm³/mol. The minimum absolute atomic E-state index is 0.254. The molecule has 4 atom stereocenters. The Morgan fingerprint density at radius 3 is 2.70 bits per heavy atom. The van der Waals surface area contributed by atoms with Gasteiger partial charge >= 0.3 is 0 Å². The van der Waals surface area contributed by atoms with Gasteiger partial charge in [-0.2, -0.15) is 0 Å². The summed E-state index contributed by atoms with van der Waals surface area (Å²) in [6.07, 6.45) is 8.04. The van der Waals surface area contributed by atoms with Gasteiger partial charge in [0, 0.05) is 11.3 Å². The van der Waals surface area contributed by atoms with Crippen LogP contribution in [0.4, 0.5) is 0 Å². The average Bonchev–Trinajstić information content (AvgIpc) is 3.09. The Kier molecular flexibility index (Phi) is 4.92. The third-order valence-electron chi connectivity index (χ3n) is 5.56. The van der Waals surface area contributed by atoms with Crippen molar-refractivity contribution in [1.29, 1.82) is 0 Å². The van der Waals surface area contributed by atoms with Crippen LogP contribution in [0.2, 0.25) is 0 Å². The highest BCUT2D eigenvalue weighted by molar-refractivity contribution is 8.00. The van der Waals surface area contributed by atoms with Crippen LogP contribution in [0, 0.1) is 17.8 Å². The second-order valence-corrected chi connectivity index (χ2v) is 8.24. The van der Waals surface area contributed by atoms with Crippen LogP contribution in [0.5, 0.6) is 0 Å². The number of fused-ring (bicyclic) bond motifs is 2. The number of piperidine rings is 1. The molecule has 4 heteroatoms. The van der Waals surface area contributed by atoms with E-state index in [9.17, 15) is 4.79 Å². The normalized spacial score (nSPS) is 35.1. The van der Waals surface area contributed by atoms with E-state index >= 15 is 0 Å². The van der Waals surface area contributed by atoms with Crippen LogP contribution in [-0.2, 0) is 4.79 Å². The lowest BCUT2D eigenvalue weighted by molar-refractivity contribution is -0.119. The SMILES string of the molecule is CC(NC(=O)CSC1CCNCC1)C1CC2CCC1C2. The third kappa shape index (κ3) is 3.51. The van der Waals surface area contributed by atoms with E-state index in [0.29, 0.717) is 17.0 Å². The number of carbonyl (C=O) groups excluding carboxylic acids is 1. The van der Waals surface area contributed by atoms with E-state index in [1.54, 1.807) is 0 Å². The molecule has 0 spiro atoms. The van der Waals surface area contributed by atoms with Crippen LogP contribution in [0.25, 0.3) is 0 Å². The highest BCUT2D eigenvalue weighted by Gasteiger charge is 2.42. The van der Waals surface area contributed by atoms with Gasteiger partial charge in [0.1, 0.15) is 0 Å². The summed E-state index contributed by atoms with van der Waals surface area (Å²) < 4.78 is 0. The van der Waals surface area contributed by atoms with Crippen molar-refractivity contribution in [2.75, 3.05) is 18.8 Å². The molecule has 4 unspecified atom stereocenters. The van der Waals surface area contributed by atoms with Gasteiger partial charge < -0.3 is 10.6 Å². The molecule has 2 saturated carbocycles. The Labute approximate surface area is 127 Å². The van der Waals surface area contributed by atoms with Crippen molar-refractivity contribution in [2.45, 2.75) is 56.7 Å². The smallest absolute Gasteiger partial charge is 0.230 e. The maximum Gasteiger partial charge on any atom is 0.230 e. The highest BCUT2D eigenvalue weighted by Crippen LogP contribution is 2.49. The summed E-state index contributed by atoms with van der Waals surface area (Å²) in [5.41, 5.74) is 0. The molecule has 3 fully saturated rings. The zero-order chi connectivity index (χ0) is 13.9. The lowest BCUT2D eigenvalue weighted by Gasteiger charge is -2.29. The lowest BCUT2D eigenvalue weighted by atomic mass is 9.84. The van der Waals surface area contributed by atoms with Crippen LogP contribution in [0.3, 0.4) is 0 Å². The first-order valence-corrected chi connectivity index (χ1v) is 9.39. The fraction of sp³-hybridized carbons (Fsp3) is 0.938. The van der Waals surface area contributed by atoms with Gasteiger partial charge in [-0.25, -0.2) is 0 Å². The van der Waals surface area contributed by atoms with E-state index in [2.05, 4.69) is 17.6 Å². The van der Waals surface area contributed by atoms with Gasteiger partial charge in [-0.05, 0) is 69.9 Å². The van der Waals surface area contributed by atoms with E-state index in [0.717, 1.165) is 30.8 Å². The van der Waals surface area contributed by atoms with Crippen molar-refractivity contribution < 1.29 is 4.79 Å². The molecule has 2 bridgehead atoms. The average molecular weight is 296 g/mol. The quantitative estimate of drug-likeness (QED) is 0.818. The fourth-order valence-corrected chi connectivity index (χ4v) is 5.50. The van der Waals surface area contributed by atoms with Crippen molar-refractivity contribution in [2.24, 2.45) is 17.8 Å². The summed E-state index contributed by atoms with van der Waals surface area (Å²) in [6.45, 7) is 4.44. The molecule has 3 nitrogen and oxygen atoms in total. The number of thioether (sulfide) groups is 1. The Bertz CT molecular complexity index is 343. The monoisotopic (exact) mass is 296 g/mol. The summed E-state index contributed by atoms with van der Waals surface area (Å²) in [6, 6.07) is 0.381. The fourth-order valence-electron chi connectivity index (χ4n) is 4.46. The van der Waals surface area contributed by atoms with Crippen molar-refractivity contribution in [3.8, 4) is 0 Å². The number of hydrogen-bond donors (Lipinski definition) is 2. The highest BCUT2D eigenvalue weighted by atomic mass is 32.2. The first-order valence-electron chi connectivity index (χ1n) is 8.34. The molecule has 1 amide bonds. The second-order valence-electron chi connectivity index (χ2n) is 6.96. The maximum absolute atomic E-state index is 12.1. The number of hydrogen-bond acceptors (Lipinski definition) is 3. The van der Waals surface area contributed by atoms with Gasteiger partial charge in [0.15, 0.2) is 0 Å². The molecule has 1 aliphatic heterocycles. The molecule has 0 aromatic carbocycles. The summed E-state index contributed by atoms with van der Waals surface area (Å²) >= 11 is 1.85. The zero-order valence-corrected chi connectivity index (χ0v) is 13.4. The van der Waals surface area contributed by atoms with Gasteiger partial charge in [0.05, 0.1) is 5.75 Å². The van der Waals surface area contributed by atoms with Gasteiger partial charge in [-0.15, -0.1) is 11.8 Å². The number of carbonyl (C=O) groups is 1. The van der Waals surface area contributed by atoms with Crippen LogP contribution < -0.4 is 10.6 Å². The van der Waals surface area contributed by atoms with Crippen molar-refractivity contribution in [3.63, 3.8) is 0 Å². The third-order valence-corrected chi connectivity index (χ3v) is 6.93. The molecule has 2 N–H and O–H groups in total. The standard InChI is InChI=1S/C16H28N2OS/c1-11(15-9-12-2-3-13(15)8-12)18-16(19)10-20-14-4-6-17-7-5-14/h11-15,17H,2-10H2,1H3,(H,18,19). The van der Waals surface area contributed by atoms with E-state index in [-0.39, 0.29) is 5.91 Å². The Hall–Kier alpha value is -0.220. The largest absolute Gasteiger partial charge is 0.353 e. The molecular formula is C16H28N2OS. The molecule has 0 aromatic rings. The minimum atomic E-state index is 0.254. The Balaban J connectivity index is 1.37. The van der Waals surface area contributed by atoms with Crippen LogP contribution in [-0.4, -0.2) is 36.0 Å². The second kappa shape index (κ2) is 6.69. The number of nitrogens with one attached hydrogen (secondary N) is 2. The minimum Gasteiger partial charge on any atom is -0.353 e. The molecular weight excluding hydrogens is 268 g/mol. The van der Waals surface area contributed by atoms with E-state index in [1.807, 2.05) is 11.8 Å². The summed E-state index contributed by atoms with van der Waals surface area (Å²) in [5, 5.41) is 7.32. The molecule has 0 radical (unpaired) electrons. The lowest BCUT2D eigenvalue weighted by Crippen LogP contribution is -2.41. The summed E-state index contributed by atoms with van der Waals surface area (Å²) in [7, 11) is 0. The molecule has 3 rings (SSSR count). The van der Waals surface area contributed by atoms with Gasteiger partial charge in [0.25, 0.3) is 0 Å². The molecule has 20 heavy (non-hydrogen) atoms. The van der Waals surface area contributed by atoms with Crippen molar-refractivity contribution in [1.82, 2.24) is 10.6 Å². The van der Waals surface area contributed by atoms with Crippen molar-refractivity contribution >= 4 is 17.7 Å². The van der Waals surface area contributed by atoms with Gasteiger partial charge in [-0.3, -0.25) is 4.79 Å². The molecule has 1 heterocycles. The molecule has 1 saturated heterocycles. The Morgan fingerprint density at radius 2 is 2.05 bits per heavy atom.